The molecule has 0 saturated carbocycles. The van der Waals surface area contributed by atoms with Crippen molar-refractivity contribution in [1.82, 2.24) is 4.90 Å². The predicted molar refractivity (Wildman–Crippen MR) is 179 cm³/mol. The van der Waals surface area contributed by atoms with Crippen molar-refractivity contribution in [2.75, 3.05) is 13.1 Å². The standard InChI is InChI=1S/C38H38F3N3OS/c1-6-8-16-44(17-9-7-2)36(45)26-13-11-15-31(21-26)46-33-22-30(37(3,4)5)20-27-18-28(23-42)32(24-43)34(35(27)33)25-12-10-14-29(19-25)38(39,40)41/h10-15,18-22H,6-9,16-17H2,1-5H3. The summed E-state index contributed by atoms with van der Waals surface area (Å²) in [7, 11) is 0. The van der Waals surface area contributed by atoms with Crippen molar-refractivity contribution in [2.45, 2.75) is 81.7 Å². The molecular weight excluding hydrogens is 603 g/mol. The Kier molecular flexibility index (Phi) is 10.9. The molecular formula is C38H38F3N3OS. The number of alkyl halides is 3. The molecule has 238 valence electrons. The highest BCUT2D eigenvalue weighted by atomic mass is 32.2. The Morgan fingerprint density at radius 1 is 0.848 bits per heavy atom. The quantitative estimate of drug-likeness (QED) is 0.173. The fourth-order valence-electron chi connectivity index (χ4n) is 5.38. The van der Waals surface area contributed by atoms with Gasteiger partial charge in [-0.15, -0.1) is 0 Å². The van der Waals surface area contributed by atoms with Crippen LogP contribution in [0.15, 0.2) is 76.5 Å². The summed E-state index contributed by atoms with van der Waals surface area (Å²) in [6, 6.07) is 22.1. The first-order chi connectivity index (χ1) is 21.8. The van der Waals surface area contributed by atoms with E-state index in [-0.39, 0.29) is 33.6 Å². The summed E-state index contributed by atoms with van der Waals surface area (Å²) in [5.41, 5.74) is 0.986. The molecule has 4 nitrogen and oxygen atoms in total. The van der Waals surface area contributed by atoms with Crippen LogP contribution in [0.3, 0.4) is 0 Å². The monoisotopic (exact) mass is 641 g/mol. The molecule has 4 rings (SSSR count). The van der Waals surface area contributed by atoms with Gasteiger partial charge in [-0.1, -0.05) is 83.5 Å². The number of rotatable bonds is 10. The molecule has 0 aromatic heterocycles. The molecule has 0 atom stereocenters. The van der Waals surface area contributed by atoms with Crippen LogP contribution in [0.1, 0.15) is 92.9 Å². The number of hydrogen-bond acceptors (Lipinski definition) is 4. The van der Waals surface area contributed by atoms with E-state index in [0.717, 1.165) is 48.3 Å². The highest BCUT2D eigenvalue weighted by Gasteiger charge is 2.31. The first kappa shape index (κ1) is 34.6. The zero-order chi connectivity index (χ0) is 33.6. The van der Waals surface area contributed by atoms with E-state index in [1.807, 2.05) is 41.3 Å². The van der Waals surface area contributed by atoms with Crippen LogP contribution < -0.4 is 0 Å². The highest BCUT2D eigenvalue weighted by molar-refractivity contribution is 7.99. The van der Waals surface area contributed by atoms with Gasteiger partial charge >= 0.3 is 6.18 Å². The lowest BCUT2D eigenvalue weighted by Gasteiger charge is -2.24. The van der Waals surface area contributed by atoms with Crippen molar-refractivity contribution in [3.05, 3.63) is 94.5 Å². The second-order valence-corrected chi connectivity index (χ2v) is 13.5. The second-order valence-electron chi connectivity index (χ2n) is 12.4. The molecule has 0 fully saturated rings. The minimum atomic E-state index is -4.59. The number of hydrogen-bond donors (Lipinski definition) is 0. The van der Waals surface area contributed by atoms with Crippen LogP contribution in [0, 0.1) is 22.7 Å². The molecule has 0 unspecified atom stereocenters. The van der Waals surface area contributed by atoms with Gasteiger partial charge in [0.15, 0.2) is 0 Å². The molecule has 1 amide bonds. The molecule has 0 radical (unpaired) electrons. The van der Waals surface area contributed by atoms with Crippen molar-refractivity contribution in [2.24, 2.45) is 0 Å². The minimum absolute atomic E-state index is 0.0195. The average molecular weight is 642 g/mol. The zero-order valence-corrected chi connectivity index (χ0v) is 27.7. The molecule has 0 bridgehead atoms. The van der Waals surface area contributed by atoms with Gasteiger partial charge in [0.2, 0.25) is 0 Å². The molecule has 0 aliphatic heterocycles. The lowest BCUT2D eigenvalue weighted by Crippen LogP contribution is -2.32. The summed E-state index contributed by atoms with van der Waals surface area (Å²) in [4.78, 5) is 17.0. The van der Waals surface area contributed by atoms with Gasteiger partial charge in [-0.2, -0.15) is 23.7 Å². The summed E-state index contributed by atoms with van der Waals surface area (Å²) < 4.78 is 41.5. The first-order valence-electron chi connectivity index (χ1n) is 15.5. The molecule has 0 N–H and O–H groups in total. The normalized spacial score (nSPS) is 11.7. The number of unbranched alkanes of at least 4 members (excludes halogenated alkanes) is 2. The molecule has 0 aliphatic rings. The van der Waals surface area contributed by atoms with Crippen LogP contribution in [0.2, 0.25) is 0 Å². The maximum absolute atomic E-state index is 13.8. The van der Waals surface area contributed by atoms with Crippen LogP contribution >= 0.6 is 11.8 Å². The van der Waals surface area contributed by atoms with Crippen LogP contribution in [-0.2, 0) is 11.6 Å². The van der Waals surface area contributed by atoms with Crippen LogP contribution in [0.4, 0.5) is 13.2 Å². The average Bonchev–Trinajstić information content (AvgIpc) is 3.02. The van der Waals surface area contributed by atoms with Crippen molar-refractivity contribution in [3.8, 4) is 23.3 Å². The van der Waals surface area contributed by atoms with E-state index in [0.29, 0.717) is 34.3 Å². The topological polar surface area (TPSA) is 67.9 Å². The van der Waals surface area contributed by atoms with Crippen molar-refractivity contribution < 1.29 is 18.0 Å². The zero-order valence-electron chi connectivity index (χ0n) is 26.9. The SMILES string of the molecule is CCCCN(CCCC)C(=O)c1cccc(Sc2cc(C(C)(C)C)cc3cc(C#N)c(C#N)c(-c4cccc(C(F)(F)F)c4)c23)c1. The summed E-state index contributed by atoms with van der Waals surface area (Å²) in [6.45, 7) is 11.7. The van der Waals surface area contributed by atoms with Crippen LogP contribution in [-0.4, -0.2) is 23.9 Å². The molecule has 0 spiro atoms. The van der Waals surface area contributed by atoms with E-state index in [9.17, 15) is 28.5 Å². The van der Waals surface area contributed by atoms with Crippen molar-refractivity contribution in [1.29, 1.82) is 10.5 Å². The summed E-state index contributed by atoms with van der Waals surface area (Å²) in [6.07, 6.45) is -0.790. The van der Waals surface area contributed by atoms with E-state index < -0.39 is 11.7 Å². The molecule has 8 heteroatoms. The molecule has 4 aromatic carbocycles. The Bertz CT molecular complexity index is 1820. The fourth-order valence-corrected chi connectivity index (χ4v) is 6.47. The van der Waals surface area contributed by atoms with Gasteiger partial charge in [-0.25, -0.2) is 0 Å². The van der Waals surface area contributed by atoms with Gasteiger partial charge in [0.25, 0.3) is 5.91 Å². The van der Waals surface area contributed by atoms with Crippen LogP contribution in [0.5, 0.6) is 0 Å². The molecule has 4 aromatic rings. The largest absolute Gasteiger partial charge is 0.416 e. The summed E-state index contributed by atoms with van der Waals surface area (Å²) >= 11 is 1.39. The lowest BCUT2D eigenvalue weighted by atomic mass is 9.83. The van der Waals surface area contributed by atoms with Crippen LogP contribution in [0.25, 0.3) is 21.9 Å². The maximum Gasteiger partial charge on any atom is 0.416 e. The van der Waals surface area contributed by atoms with E-state index in [1.165, 1.54) is 17.8 Å². The molecule has 46 heavy (non-hydrogen) atoms. The van der Waals surface area contributed by atoms with Gasteiger partial charge in [0.05, 0.1) is 16.7 Å². The third kappa shape index (κ3) is 7.74. The Hall–Kier alpha value is -4.27. The Balaban J connectivity index is 1.96. The minimum Gasteiger partial charge on any atom is -0.339 e. The number of carbonyl (C=O) groups excluding carboxylic acids is 1. The summed E-state index contributed by atoms with van der Waals surface area (Å²) in [5, 5.41) is 21.5. The molecule has 0 heterocycles. The van der Waals surface area contributed by atoms with E-state index in [2.05, 4.69) is 46.8 Å². The highest BCUT2D eigenvalue weighted by Crippen LogP contribution is 2.45. The fraction of sp³-hybridized carbons (Fsp3) is 0.342. The van der Waals surface area contributed by atoms with Crippen molar-refractivity contribution >= 4 is 28.4 Å². The lowest BCUT2D eigenvalue weighted by molar-refractivity contribution is -0.137. The maximum atomic E-state index is 13.8. The van der Waals surface area contributed by atoms with Gasteiger partial charge in [-0.3, -0.25) is 4.79 Å². The smallest absolute Gasteiger partial charge is 0.339 e. The number of nitrogens with zero attached hydrogens (tertiary/aromatic N) is 3. The third-order valence-electron chi connectivity index (χ3n) is 7.94. The van der Waals surface area contributed by atoms with Gasteiger partial charge in [-0.05, 0) is 77.2 Å². The van der Waals surface area contributed by atoms with Gasteiger partial charge in [0.1, 0.15) is 12.1 Å². The van der Waals surface area contributed by atoms with Gasteiger partial charge < -0.3 is 4.90 Å². The van der Waals surface area contributed by atoms with E-state index in [1.54, 1.807) is 12.1 Å². The Morgan fingerprint density at radius 3 is 2.11 bits per heavy atom. The van der Waals surface area contributed by atoms with Crippen molar-refractivity contribution in [3.63, 3.8) is 0 Å². The number of amides is 1. The van der Waals surface area contributed by atoms with Gasteiger partial charge in [0, 0.05) is 39.4 Å². The first-order valence-corrected chi connectivity index (χ1v) is 16.3. The predicted octanol–water partition coefficient (Wildman–Crippen LogP) is 10.8. The third-order valence-corrected chi connectivity index (χ3v) is 8.97. The van der Waals surface area contributed by atoms with E-state index in [4.69, 9.17) is 0 Å². The Morgan fingerprint density at radius 2 is 1.52 bits per heavy atom. The second kappa shape index (κ2) is 14.4. The molecule has 0 saturated heterocycles. The Labute approximate surface area is 273 Å². The number of nitriles is 2. The number of carbonyl (C=O) groups is 1. The molecule has 0 aliphatic carbocycles. The van der Waals surface area contributed by atoms with E-state index >= 15 is 0 Å². The number of benzene rings is 4. The number of fused-ring (bicyclic) bond motifs is 1. The number of halogens is 3. The summed E-state index contributed by atoms with van der Waals surface area (Å²) in [5.74, 6) is -0.0345.